The number of aliphatic carboxylic acids is 1. The maximum atomic E-state index is 12.7. The number of hydrogen-bond acceptors (Lipinski definition) is 3. The topological polar surface area (TPSA) is 69.6 Å². The molecular weight excluding hydrogens is 244 g/mol. The van der Waals surface area contributed by atoms with Crippen LogP contribution in [-0.2, 0) is 9.59 Å². The lowest BCUT2D eigenvalue weighted by atomic mass is 9.77. The van der Waals surface area contributed by atoms with E-state index >= 15 is 0 Å². The highest BCUT2D eigenvalue weighted by molar-refractivity contribution is 5.83. The Kier molecular flexibility index (Phi) is 4.45. The van der Waals surface area contributed by atoms with Crippen LogP contribution in [0.3, 0.4) is 0 Å². The van der Waals surface area contributed by atoms with Crippen LogP contribution in [0.4, 0.5) is 0 Å². The van der Waals surface area contributed by atoms with Crippen LogP contribution in [0.1, 0.15) is 39.0 Å². The second-order valence-corrected chi connectivity index (χ2v) is 5.92. The Morgan fingerprint density at radius 2 is 2.26 bits per heavy atom. The molecule has 2 aliphatic rings. The molecule has 2 aliphatic heterocycles. The summed E-state index contributed by atoms with van der Waals surface area (Å²) in [5, 5.41) is 12.2. The normalized spacial score (nSPS) is 31.4. The summed E-state index contributed by atoms with van der Waals surface area (Å²) in [5.74, 6) is -0.397. The number of nitrogens with one attached hydrogen (secondary N) is 1. The molecule has 0 aromatic heterocycles. The molecule has 2 saturated heterocycles. The van der Waals surface area contributed by atoms with Crippen LogP contribution in [0.25, 0.3) is 0 Å². The van der Waals surface area contributed by atoms with Crippen molar-refractivity contribution in [3.63, 3.8) is 0 Å². The van der Waals surface area contributed by atoms with Crippen LogP contribution in [0, 0.1) is 11.3 Å². The highest BCUT2D eigenvalue weighted by atomic mass is 16.4. The fraction of sp³-hybridized carbons (Fsp3) is 0.857. The quantitative estimate of drug-likeness (QED) is 0.801. The van der Waals surface area contributed by atoms with Crippen LogP contribution in [0.5, 0.6) is 0 Å². The average molecular weight is 268 g/mol. The minimum atomic E-state index is -0.760. The molecule has 2 N–H and O–H groups in total. The SMILES string of the molecule is CCC1(C(=O)N2CCC(CC(=O)O)C2)CCCNC1. The van der Waals surface area contributed by atoms with Gasteiger partial charge >= 0.3 is 5.97 Å². The van der Waals surface area contributed by atoms with Gasteiger partial charge < -0.3 is 15.3 Å². The lowest BCUT2D eigenvalue weighted by molar-refractivity contribution is -0.143. The maximum absolute atomic E-state index is 12.7. The van der Waals surface area contributed by atoms with Crippen molar-refractivity contribution in [3.8, 4) is 0 Å². The van der Waals surface area contributed by atoms with Gasteiger partial charge in [0.05, 0.1) is 5.41 Å². The summed E-state index contributed by atoms with van der Waals surface area (Å²) in [6.07, 6.45) is 3.87. The molecule has 2 heterocycles. The molecule has 0 bridgehead atoms. The van der Waals surface area contributed by atoms with Crippen molar-refractivity contribution in [3.05, 3.63) is 0 Å². The summed E-state index contributed by atoms with van der Waals surface area (Å²) in [4.78, 5) is 25.4. The average Bonchev–Trinajstić information content (AvgIpc) is 2.86. The molecule has 1 amide bonds. The first kappa shape index (κ1) is 14.3. The van der Waals surface area contributed by atoms with Crippen LogP contribution in [0.2, 0.25) is 0 Å². The van der Waals surface area contributed by atoms with E-state index in [1.165, 1.54) is 0 Å². The zero-order chi connectivity index (χ0) is 13.9. The standard InChI is InChI=1S/C14H24N2O3/c1-2-14(5-3-6-15-10-14)13(19)16-7-4-11(9-16)8-12(17)18/h11,15H,2-10H2,1H3,(H,17,18). The van der Waals surface area contributed by atoms with Crippen molar-refractivity contribution in [1.29, 1.82) is 0 Å². The lowest BCUT2D eigenvalue weighted by Crippen LogP contribution is -2.51. The van der Waals surface area contributed by atoms with Gasteiger partial charge in [-0.2, -0.15) is 0 Å². The number of amides is 1. The fourth-order valence-corrected chi connectivity index (χ4v) is 3.37. The lowest BCUT2D eigenvalue weighted by Gasteiger charge is -2.38. The van der Waals surface area contributed by atoms with E-state index in [0.717, 1.165) is 45.3 Å². The molecule has 0 aromatic rings. The molecule has 0 spiro atoms. The first-order valence-electron chi connectivity index (χ1n) is 7.29. The molecule has 5 heteroatoms. The van der Waals surface area contributed by atoms with E-state index in [0.29, 0.717) is 6.54 Å². The number of carboxylic acids is 1. The first-order chi connectivity index (χ1) is 9.07. The van der Waals surface area contributed by atoms with E-state index in [2.05, 4.69) is 12.2 Å². The zero-order valence-corrected chi connectivity index (χ0v) is 11.7. The predicted octanol–water partition coefficient (Wildman–Crippen LogP) is 1.09. The summed E-state index contributed by atoms with van der Waals surface area (Å²) < 4.78 is 0. The van der Waals surface area contributed by atoms with Gasteiger partial charge in [-0.25, -0.2) is 0 Å². The van der Waals surface area contributed by atoms with Gasteiger partial charge in [-0.1, -0.05) is 6.92 Å². The third-order valence-electron chi connectivity index (χ3n) is 4.64. The number of hydrogen-bond donors (Lipinski definition) is 2. The van der Waals surface area contributed by atoms with Crippen LogP contribution >= 0.6 is 0 Å². The highest BCUT2D eigenvalue weighted by Crippen LogP contribution is 2.34. The number of piperidine rings is 1. The van der Waals surface area contributed by atoms with Crippen molar-refractivity contribution in [2.75, 3.05) is 26.2 Å². The van der Waals surface area contributed by atoms with Gasteiger partial charge in [-0.3, -0.25) is 9.59 Å². The summed E-state index contributed by atoms with van der Waals surface area (Å²) in [5.41, 5.74) is -0.254. The Labute approximate surface area is 114 Å². The van der Waals surface area contributed by atoms with Gasteiger partial charge in [0.25, 0.3) is 0 Å². The molecule has 5 nitrogen and oxygen atoms in total. The molecule has 0 saturated carbocycles. The third-order valence-corrected chi connectivity index (χ3v) is 4.64. The van der Waals surface area contributed by atoms with E-state index < -0.39 is 5.97 Å². The van der Waals surface area contributed by atoms with Crippen LogP contribution < -0.4 is 5.32 Å². The Balaban J connectivity index is 1.97. The van der Waals surface area contributed by atoms with Gasteiger partial charge in [0.15, 0.2) is 0 Å². The summed E-state index contributed by atoms with van der Waals surface area (Å²) in [6, 6.07) is 0. The van der Waals surface area contributed by atoms with Crippen LogP contribution in [-0.4, -0.2) is 48.1 Å². The zero-order valence-electron chi connectivity index (χ0n) is 11.7. The van der Waals surface area contributed by atoms with Gasteiger partial charge in [-0.05, 0) is 38.1 Å². The van der Waals surface area contributed by atoms with Crippen molar-refractivity contribution in [1.82, 2.24) is 10.2 Å². The number of rotatable bonds is 4. The van der Waals surface area contributed by atoms with Gasteiger partial charge in [0, 0.05) is 26.1 Å². The van der Waals surface area contributed by atoms with Gasteiger partial charge in [0.2, 0.25) is 5.91 Å². The fourth-order valence-electron chi connectivity index (χ4n) is 3.37. The van der Waals surface area contributed by atoms with E-state index in [4.69, 9.17) is 5.11 Å². The molecule has 2 fully saturated rings. The minimum Gasteiger partial charge on any atom is -0.481 e. The first-order valence-corrected chi connectivity index (χ1v) is 7.29. The van der Waals surface area contributed by atoms with E-state index in [-0.39, 0.29) is 23.7 Å². The second kappa shape index (κ2) is 5.90. The van der Waals surface area contributed by atoms with Crippen molar-refractivity contribution in [2.45, 2.75) is 39.0 Å². The molecule has 2 atom stereocenters. The molecule has 0 aliphatic carbocycles. The summed E-state index contributed by atoms with van der Waals surface area (Å²) >= 11 is 0. The molecule has 0 aromatic carbocycles. The predicted molar refractivity (Wildman–Crippen MR) is 71.8 cm³/mol. The molecule has 108 valence electrons. The van der Waals surface area contributed by atoms with E-state index in [9.17, 15) is 9.59 Å². The van der Waals surface area contributed by atoms with E-state index in [1.807, 2.05) is 4.90 Å². The Morgan fingerprint density at radius 3 is 2.84 bits per heavy atom. The van der Waals surface area contributed by atoms with E-state index in [1.54, 1.807) is 0 Å². The second-order valence-electron chi connectivity index (χ2n) is 5.92. The monoisotopic (exact) mass is 268 g/mol. The largest absolute Gasteiger partial charge is 0.481 e. The number of carbonyl (C=O) groups excluding carboxylic acids is 1. The molecule has 19 heavy (non-hydrogen) atoms. The van der Waals surface area contributed by atoms with Crippen molar-refractivity contribution >= 4 is 11.9 Å². The molecule has 0 radical (unpaired) electrons. The molecule has 2 rings (SSSR count). The Morgan fingerprint density at radius 1 is 1.47 bits per heavy atom. The summed E-state index contributed by atoms with van der Waals surface area (Å²) in [7, 11) is 0. The number of nitrogens with zero attached hydrogens (tertiary/aromatic N) is 1. The van der Waals surface area contributed by atoms with Crippen molar-refractivity contribution in [2.24, 2.45) is 11.3 Å². The molecular formula is C14H24N2O3. The molecule has 2 unspecified atom stereocenters. The number of carbonyl (C=O) groups is 2. The number of likely N-dealkylation sites (tertiary alicyclic amines) is 1. The van der Waals surface area contributed by atoms with Gasteiger partial charge in [-0.15, -0.1) is 0 Å². The van der Waals surface area contributed by atoms with Crippen LogP contribution in [0.15, 0.2) is 0 Å². The number of carboxylic acid groups (broad SMARTS) is 1. The minimum absolute atomic E-state index is 0.131. The summed E-state index contributed by atoms with van der Waals surface area (Å²) in [6.45, 7) is 5.18. The van der Waals surface area contributed by atoms with Gasteiger partial charge in [0.1, 0.15) is 0 Å². The third kappa shape index (κ3) is 3.08. The maximum Gasteiger partial charge on any atom is 0.303 e. The Hall–Kier alpha value is -1.10. The highest BCUT2D eigenvalue weighted by Gasteiger charge is 2.42. The van der Waals surface area contributed by atoms with Crippen molar-refractivity contribution < 1.29 is 14.7 Å². The Bertz CT molecular complexity index is 351. The smallest absolute Gasteiger partial charge is 0.303 e.